The van der Waals surface area contributed by atoms with Gasteiger partial charge in [-0.1, -0.05) is 23.2 Å². The molecule has 27 heavy (non-hydrogen) atoms. The van der Waals surface area contributed by atoms with Crippen LogP contribution in [0.2, 0.25) is 10.0 Å². The summed E-state index contributed by atoms with van der Waals surface area (Å²) in [6, 6.07) is 8.18. The predicted molar refractivity (Wildman–Crippen MR) is 105 cm³/mol. The van der Waals surface area contributed by atoms with Crippen molar-refractivity contribution in [1.82, 2.24) is 19.8 Å². The monoisotopic (exact) mass is 407 g/mol. The van der Waals surface area contributed by atoms with Gasteiger partial charge in [0.1, 0.15) is 11.9 Å². The van der Waals surface area contributed by atoms with Gasteiger partial charge < -0.3 is 9.64 Å². The van der Waals surface area contributed by atoms with Crippen molar-refractivity contribution in [2.24, 2.45) is 0 Å². The van der Waals surface area contributed by atoms with Crippen molar-refractivity contribution in [2.75, 3.05) is 11.9 Å². The van der Waals surface area contributed by atoms with Crippen molar-refractivity contribution in [1.29, 1.82) is 0 Å². The number of halogens is 2. The quantitative estimate of drug-likeness (QED) is 0.597. The number of ether oxygens (including phenoxy) is 1. The number of nitrogens with zero attached hydrogens (tertiary/aromatic N) is 5. The van der Waals surface area contributed by atoms with Gasteiger partial charge in [-0.25, -0.2) is 4.79 Å². The van der Waals surface area contributed by atoms with Crippen molar-refractivity contribution in [2.45, 2.75) is 32.9 Å². The topological polar surface area (TPSA) is 72.6 Å². The van der Waals surface area contributed by atoms with Gasteiger partial charge >= 0.3 is 5.97 Å². The zero-order valence-electron chi connectivity index (χ0n) is 15.3. The molecule has 0 N–H and O–H groups in total. The molecule has 0 saturated carbocycles. The number of esters is 1. The number of anilines is 1. The number of rotatable bonds is 5. The standard InChI is InChI=1S/C18H19Cl2N5O2/c1-10(2)27-18(26)11(3)24(4)16-6-5-15-21-22-17(25(15)23-16)12-7-13(19)9-14(20)8-12/h5-11H,1-4H3. The lowest BCUT2D eigenvalue weighted by Gasteiger charge is -2.25. The highest BCUT2D eigenvalue weighted by Crippen LogP contribution is 2.26. The molecule has 9 heteroatoms. The Kier molecular flexibility index (Phi) is 5.53. The van der Waals surface area contributed by atoms with Crippen LogP contribution in [-0.2, 0) is 9.53 Å². The highest BCUT2D eigenvalue weighted by Gasteiger charge is 2.22. The van der Waals surface area contributed by atoms with E-state index in [1.165, 1.54) is 0 Å². The van der Waals surface area contributed by atoms with E-state index in [1.54, 1.807) is 53.7 Å². The second kappa shape index (κ2) is 7.70. The summed E-state index contributed by atoms with van der Waals surface area (Å²) in [6.07, 6.45) is -0.180. The summed E-state index contributed by atoms with van der Waals surface area (Å²) in [5, 5.41) is 13.9. The second-order valence-electron chi connectivity index (χ2n) is 6.42. The Morgan fingerprint density at radius 3 is 2.41 bits per heavy atom. The molecule has 7 nitrogen and oxygen atoms in total. The molecule has 0 amide bonds. The van der Waals surface area contributed by atoms with Gasteiger partial charge in [0.05, 0.1) is 6.10 Å². The molecule has 0 spiro atoms. The fourth-order valence-corrected chi connectivity index (χ4v) is 3.04. The fourth-order valence-electron chi connectivity index (χ4n) is 2.52. The molecular formula is C18H19Cl2N5O2. The molecule has 1 unspecified atom stereocenters. The Morgan fingerprint density at radius 1 is 1.11 bits per heavy atom. The normalized spacial score (nSPS) is 12.4. The molecule has 0 bridgehead atoms. The van der Waals surface area contributed by atoms with E-state index in [0.29, 0.717) is 32.9 Å². The van der Waals surface area contributed by atoms with E-state index in [0.717, 1.165) is 0 Å². The number of hydrogen-bond acceptors (Lipinski definition) is 6. The van der Waals surface area contributed by atoms with Gasteiger partial charge in [-0.15, -0.1) is 15.3 Å². The first-order valence-corrected chi connectivity index (χ1v) is 9.14. The average molecular weight is 408 g/mol. The van der Waals surface area contributed by atoms with Gasteiger partial charge in [0.15, 0.2) is 11.5 Å². The number of likely N-dealkylation sites (N-methyl/N-ethyl adjacent to an activating group) is 1. The minimum Gasteiger partial charge on any atom is -0.461 e. The van der Waals surface area contributed by atoms with E-state index in [1.807, 2.05) is 13.8 Å². The van der Waals surface area contributed by atoms with Crippen LogP contribution in [0.15, 0.2) is 30.3 Å². The summed E-state index contributed by atoms with van der Waals surface area (Å²) in [5.74, 6) is 0.756. The molecule has 0 saturated heterocycles. The van der Waals surface area contributed by atoms with Crippen LogP contribution in [0.5, 0.6) is 0 Å². The lowest BCUT2D eigenvalue weighted by atomic mass is 10.2. The fraction of sp³-hybridized carbons (Fsp3) is 0.333. The maximum absolute atomic E-state index is 12.2. The highest BCUT2D eigenvalue weighted by molar-refractivity contribution is 6.35. The minimum absolute atomic E-state index is 0.180. The Bertz CT molecular complexity index is 969. The average Bonchev–Trinajstić information content (AvgIpc) is 3.02. The number of hydrogen-bond donors (Lipinski definition) is 0. The number of aromatic nitrogens is 4. The van der Waals surface area contributed by atoms with E-state index in [-0.39, 0.29) is 12.1 Å². The van der Waals surface area contributed by atoms with Gasteiger partial charge in [-0.3, -0.25) is 0 Å². The van der Waals surface area contributed by atoms with Crippen LogP contribution in [0.1, 0.15) is 20.8 Å². The van der Waals surface area contributed by atoms with Gasteiger partial charge in [-0.05, 0) is 51.1 Å². The lowest BCUT2D eigenvalue weighted by Crippen LogP contribution is -2.39. The van der Waals surface area contributed by atoms with E-state index >= 15 is 0 Å². The first-order valence-electron chi connectivity index (χ1n) is 8.38. The van der Waals surface area contributed by atoms with Gasteiger partial charge in [0.25, 0.3) is 0 Å². The van der Waals surface area contributed by atoms with Crippen LogP contribution in [0.25, 0.3) is 17.0 Å². The smallest absolute Gasteiger partial charge is 0.328 e. The molecule has 1 atom stereocenters. The third-order valence-corrected chi connectivity index (χ3v) is 4.44. The minimum atomic E-state index is -0.502. The highest BCUT2D eigenvalue weighted by atomic mass is 35.5. The summed E-state index contributed by atoms with van der Waals surface area (Å²) >= 11 is 12.2. The SMILES string of the molecule is CC(C)OC(=O)C(C)N(C)c1ccc2nnc(-c3cc(Cl)cc(Cl)c3)n2n1. The summed E-state index contributed by atoms with van der Waals surface area (Å²) in [6.45, 7) is 5.39. The largest absolute Gasteiger partial charge is 0.461 e. The third-order valence-electron chi connectivity index (χ3n) is 4.00. The summed E-state index contributed by atoms with van der Waals surface area (Å²) in [5.41, 5.74) is 1.26. The van der Waals surface area contributed by atoms with Crippen LogP contribution in [0.3, 0.4) is 0 Å². The molecule has 3 aromatic rings. The van der Waals surface area contributed by atoms with Gasteiger partial charge in [0, 0.05) is 22.7 Å². The summed E-state index contributed by atoms with van der Waals surface area (Å²) < 4.78 is 6.87. The van der Waals surface area contributed by atoms with Crippen molar-refractivity contribution in [3.05, 3.63) is 40.4 Å². The molecule has 2 aromatic heterocycles. The van der Waals surface area contributed by atoms with Crippen LogP contribution < -0.4 is 4.90 Å². The van der Waals surface area contributed by atoms with E-state index in [4.69, 9.17) is 27.9 Å². The van der Waals surface area contributed by atoms with E-state index in [2.05, 4.69) is 15.3 Å². The molecule has 142 valence electrons. The molecule has 0 aliphatic carbocycles. The summed E-state index contributed by atoms with van der Waals surface area (Å²) in [4.78, 5) is 13.9. The maximum atomic E-state index is 12.2. The van der Waals surface area contributed by atoms with Crippen LogP contribution in [0.4, 0.5) is 5.82 Å². The Labute approximate surface area is 166 Å². The van der Waals surface area contributed by atoms with Crippen LogP contribution >= 0.6 is 23.2 Å². The molecule has 0 radical (unpaired) electrons. The van der Waals surface area contributed by atoms with E-state index in [9.17, 15) is 4.79 Å². The lowest BCUT2D eigenvalue weighted by molar-refractivity contribution is -0.148. The zero-order chi connectivity index (χ0) is 19.7. The van der Waals surface area contributed by atoms with Crippen molar-refractivity contribution in [3.63, 3.8) is 0 Å². The van der Waals surface area contributed by atoms with Crippen LogP contribution in [0, 0.1) is 0 Å². The Hall–Kier alpha value is -2.38. The second-order valence-corrected chi connectivity index (χ2v) is 7.29. The first-order chi connectivity index (χ1) is 12.8. The molecule has 2 heterocycles. The molecule has 0 fully saturated rings. The van der Waals surface area contributed by atoms with Gasteiger partial charge in [0.2, 0.25) is 0 Å². The third kappa shape index (κ3) is 4.14. The van der Waals surface area contributed by atoms with Crippen molar-refractivity contribution >= 4 is 40.6 Å². The first kappa shape index (κ1) is 19.4. The number of fused-ring (bicyclic) bond motifs is 1. The predicted octanol–water partition coefficient (Wildman–Crippen LogP) is 3.87. The molecule has 3 rings (SSSR count). The van der Waals surface area contributed by atoms with Crippen molar-refractivity contribution < 1.29 is 9.53 Å². The zero-order valence-corrected chi connectivity index (χ0v) is 16.9. The van der Waals surface area contributed by atoms with E-state index < -0.39 is 6.04 Å². The number of benzene rings is 1. The molecule has 0 aliphatic heterocycles. The van der Waals surface area contributed by atoms with Gasteiger partial charge in [-0.2, -0.15) is 4.52 Å². The van der Waals surface area contributed by atoms with Crippen LogP contribution in [-0.4, -0.2) is 45.0 Å². The Balaban J connectivity index is 1.98. The molecular weight excluding hydrogens is 389 g/mol. The van der Waals surface area contributed by atoms with Crippen molar-refractivity contribution in [3.8, 4) is 11.4 Å². The molecule has 0 aliphatic rings. The Morgan fingerprint density at radius 2 is 1.78 bits per heavy atom. The molecule has 1 aromatic carbocycles. The summed E-state index contributed by atoms with van der Waals surface area (Å²) in [7, 11) is 1.78. The maximum Gasteiger partial charge on any atom is 0.328 e. The number of carbonyl (C=O) groups excluding carboxylic acids is 1. The number of carbonyl (C=O) groups is 1.